The summed E-state index contributed by atoms with van der Waals surface area (Å²) in [4.78, 5) is 21.0. The van der Waals surface area contributed by atoms with Crippen LogP contribution in [0.25, 0.3) is 22.2 Å². The van der Waals surface area contributed by atoms with Crippen LogP contribution in [0.4, 0.5) is 0 Å². The zero-order valence-electron chi connectivity index (χ0n) is 22.7. The minimum absolute atomic E-state index is 0.0839. The van der Waals surface area contributed by atoms with Crippen molar-refractivity contribution in [2.45, 2.75) is 57.6 Å². The summed E-state index contributed by atoms with van der Waals surface area (Å²) in [6.07, 6.45) is 7.52. The lowest BCUT2D eigenvalue weighted by molar-refractivity contribution is -0.138. The highest BCUT2D eigenvalue weighted by Crippen LogP contribution is 2.36. The van der Waals surface area contributed by atoms with Crippen LogP contribution in [0, 0.1) is 5.92 Å². The highest BCUT2D eigenvalue weighted by molar-refractivity contribution is 5.87. The van der Waals surface area contributed by atoms with Gasteiger partial charge in [-0.1, -0.05) is 31.4 Å². The number of methoxy groups -OCH3 is 3. The van der Waals surface area contributed by atoms with Crippen molar-refractivity contribution in [3.05, 3.63) is 48.0 Å². The Bertz CT molecular complexity index is 1260. The molecule has 7 nitrogen and oxygen atoms in total. The van der Waals surface area contributed by atoms with Gasteiger partial charge in [-0.05, 0) is 55.5 Å². The Morgan fingerprint density at radius 2 is 1.74 bits per heavy atom. The summed E-state index contributed by atoms with van der Waals surface area (Å²) >= 11 is 0. The first kappa shape index (κ1) is 26.3. The van der Waals surface area contributed by atoms with E-state index in [2.05, 4.69) is 6.07 Å². The average molecular weight is 519 g/mol. The maximum Gasteiger partial charge on any atom is 0.226 e. The SMILES string of the molecule is COc1cccc(-c2nc3cc(OC)c(OC)cc3cc2CN(C[C@H]2CCCO2)C(=O)C2CCCCC2)c1. The van der Waals surface area contributed by atoms with Crippen molar-refractivity contribution in [1.29, 1.82) is 0 Å². The van der Waals surface area contributed by atoms with Crippen molar-refractivity contribution in [1.82, 2.24) is 9.88 Å². The molecule has 2 fully saturated rings. The van der Waals surface area contributed by atoms with Crippen molar-refractivity contribution in [3.8, 4) is 28.5 Å². The van der Waals surface area contributed by atoms with Gasteiger partial charge in [-0.25, -0.2) is 4.98 Å². The number of hydrogen-bond acceptors (Lipinski definition) is 6. The van der Waals surface area contributed by atoms with Gasteiger partial charge in [0.15, 0.2) is 11.5 Å². The molecule has 2 heterocycles. The van der Waals surface area contributed by atoms with Gasteiger partial charge in [0.05, 0.1) is 38.6 Å². The molecule has 202 valence electrons. The van der Waals surface area contributed by atoms with Gasteiger partial charge in [-0.15, -0.1) is 0 Å². The molecule has 0 bridgehead atoms. The molecule has 1 aliphatic heterocycles. The minimum Gasteiger partial charge on any atom is -0.497 e. The van der Waals surface area contributed by atoms with Crippen LogP contribution in [0.2, 0.25) is 0 Å². The topological polar surface area (TPSA) is 70.1 Å². The molecule has 3 aromatic rings. The Labute approximate surface area is 225 Å². The standard InChI is InChI=1S/C31H38N2O5/c1-35-25-12-7-11-22(16-25)30-24(15-23-17-28(36-2)29(37-3)18-27(23)32-30)19-33(20-26-13-8-14-38-26)31(34)21-9-5-4-6-10-21/h7,11-12,15-18,21,26H,4-6,8-10,13-14,19-20H2,1-3H3/t26-/m1/s1. The quantitative estimate of drug-likeness (QED) is 0.345. The second kappa shape index (κ2) is 12.0. The Hall–Kier alpha value is -3.32. The molecule has 1 atom stereocenters. The lowest BCUT2D eigenvalue weighted by Gasteiger charge is -2.31. The van der Waals surface area contributed by atoms with E-state index in [1.54, 1.807) is 21.3 Å². The van der Waals surface area contributed by atoms with Gasteiger partial charge in [0.2, 0.25) is 5.91 Å². The molecule has 0 unspecified atom stereocenters. The first-order valence-corrected chi connectivity index (χ1v) is 13.7. The smallest absolute Gasteiger partial charge is 0.226 e. The van der Waals surface area contributed by atoms with Crippen molar-refractivity contribution in [2.24, 2.45) is 5.92 Å². The molecule has 0 radical (unpaired) electrons. The van der Waals surface area contributed by atoms with Crippen LogP contribution in [0.3, 0.4) is 0 Å². The second-order valence-corrected chi connectivity index (χ2v) is 10.3. The predicted octanol–water partition coefficient (Wildman–Crippen LogP) is 6.02. The highest BCUT2D eigenvalue weighted by atomic mass is 16.5. The number of carbonyl (C=O) groups is 1. The Kier molecular flexibility index (Phi) is 8.32. The molecule has 2 aromatic carbocycles. The molecule has 1 amide bonds. The number of amides is 1. The van der Waals surface area contributed by atoms with E-state index < -0.39 is 0 Å². The number of ether oxygens (including phenoxy) is 4. The molecule has 0 N–H and O–H groups in total. The predicted molar refractivity (Wildman–Crippen MR) is 148 cm³/mol. The summed E-state index contributed by atoms with van der Waals surface area (Å²) in [6.45, 7) is 1.85. The van der Waals surface area contributed by atoms with Crippen LogP contribution in [0.5, 0.6) is 17.2 Å². The van der Waals surface area contributed by atoms with Gasteiger partial charge in [0.25, 0.3) is 0 Å². The first-order chi connectivity index (χ1) is 18.6. The molecule has 1 aromatic heterocycles. The number of hydrogen-bond donors (Lipinski definition) is 0. The molecule has 0 spiro atoms. The van der Waals surface area contributed by atoms with Crippen LogP contribution in [0.1, 0.15) is 50.5 Å². The van der Waals surface area contributed by atoms with Crippen molar-refractivity contribution in [2.75, 3.05) is 34.5 Å². The fourth-order valence-electron chi connectivity index (χ4n) is 5.77. The molecule has 1 saturated heterocycles. The molecule has 1 saturated carbocycles. The molecule has 5 rings (SSSR count). The summed E-state index contributed by atoms with van der Waals surface area (Å²) in [5.41, 5.74) is 3.56. The van der Waals surface area contributed by atoms with E-state index >= 15 is 0 Å². The van der Waals surface area contributed by atoms with Crippen molar-refractivity contribution >= 4 is 16.8 Å². The normalized spacial score (nSPS) is 17.9. The fourth-order valence-corrected chi connectivity index (χ4v) is 5.77. The molecule has 2 aliphatic rings. The van der Waals surface area contributed by atoms with Crippen LogP contribution in [-0.2, 0) is 16.1 Å². The van der Waals surface area contributed by atoms with E-state index in [4.69, 9.17) is 23.9 Å². The third kappa shape index (κ3) is 5.73. The summed E-state index contributed by atoms with van der Waals surface area (Å²) in [5.74, 6) is 2.37. The molecular formula is C31H38N2O5. The number of nitrogens with zero attached hydrogens (tertiary/aromatic N) is 2. The van der Waals surface area contributed by atoms with Gasteiger partial charge >= 0.3 is 0 Å². The third-order valence-corrected chi connectivity index (χ3v) is 7.82. The Morgan fingerprint density at radius 3 is 2.45 bits per heavy atom. The number of pyridine rings is 1. The van der Waals surface area contributed by atoms with E-state index in [-0.39, 0.29) is 17.9 Å². The monoisotopic (exact) mass is 518 g/mol. The van der Waals surface area contributed by atoms with Gasteiger partial charge < -0.3 is 23.8 Å². The van der Waals surface area contributed by atoms with Gasteiger partial charge in [0, 0.05) is 42.6 Å². The summed E-state index contributed by atoms with van der Waals surface area (Å²) in [6, 6.07) is 13.9. The Morgan fingerprint density at radius 1 is 0.947 bits per heavy atom. The molecule has 1 aliphatic carbocycles. The molecule has 7 heteroatoms. The first-order valence-electron chi connectivity index (χ1n) is 13.7. The number of rotatable bonds is 9. The lowest BCUT2D eigenvalue weighted by atomic mass is 9.88. The van der Waals surface area contributed by atoms with Crippen LogP contribution in [-0.4, -0.2) is 56.4 Å². The van der Waals surface area contributed by atoms with E-state index in [0.717, 1.165) is 78.6 Å². The zero-order chi connectivity index (χ0) is 26.5. The van der Waals surface area contributed by atoms with Crippen molar-refractivity contribution < 1.29 is 23.7 Å². The van der Waals surface area contributed by atoms with E-state index in [1.807, 2.05) is 41.3 Å². The number of fused-ring (bicyclic) bond motifs is 1. The van der Waals surface area contributed by atoms with Crippen molar-refractivity contribution in [3.63, 3.8) is 0 Å². The summed E-state index contributed by atoms with van der Waals surface area (Å²) in [7, 11) is 4.92. The van der Waals surface area contributed by atoms with Gasteiger partial charge in [0.1, 0.15) is 5.75 Å². The zero-order valence-corrected chi connectivity index (χ0v) is 22.7. The second-order valence-electron chi connectivity index (χ2n) is 10.3. The van der Waals surface area contributed by atoms with Crippen LogP contribution < -0.4 is 14.2 Å². The van der Waals surface area contributed by atoms with E-state index in [9.17, 15) is 4.79 Å². The summed E-state index contributed by atoms with van der Waals surface area (Å²) < 4.78 is 22.6. The molecule has 38 heavy (non-hydrogen) atoms. The summed E-state index contributed by atoms with van der Waals surface area (Å²) in [5, 5.41) is 0.937. The van der Waals surface area contributed by atoms with Gasteiger partial charge in [-0.3, -0.25) is 4.79 Å². The highest BCUT2D eigenvalue weighted by Gasteiger charge is 2.30. The Balaban J connectivity index is 1.59. The number of aromatic nitrogens is 1. The molecular weight excluding hydrogens is 480 g/mol. The number of carbonyl (C=O) groups excluding carboxylic acids is 1. The van der Waals surface area contributed by atoms with Crippen LogP contribution in [0.15, 0.2) is 42.5 Å². The maximum atomic E-state index is 13.9. The van der Waals surface area contributed by atoms with Crippen LogP contribution >= 0.6 is 0 Å². The van der Waals surface area contributed by atoms with E-state index in [0.29, 0.717) is 24.6 Å². The largest absolute Gasteiger partial charge is 0.497 e. The van der Waals surface area contributed by atoms with Gasteiger partial charge in [-0.2, -0.15) is 0 Å². The van der Waals surface area contributed by atoms with E-state index in [1.165, 1.54) is 6.42 Å². The minimum atomic E-state index is 0.0839. The number of benzene rings is 2. The maximum absolute atomic E-state index is 13.9. The third-order valence-electron chi connectivity index (χ3n) is 7.82. The average Bonchev–Trinajstić information content (AvgIpc) is 3.49. The lowest BCUT2D eigenvalue weighted by Crippen LogP contribution is -2.41. The fraction of sp³-hybridized carbons (Fsp3) is 0.484.